The lowest BCUT2D eigenvalue weighted by atomic mass is 9.70. The quantitative estimate of drug-likeness (QED) is 0.269. The van der Waals surface area contributed by atoms with Crippen molar-refractivity contribution in [1.29, 1.82) is 0 Å². The van der Waals surface area contributed by atoms with Crippen LogP contribution in [0.2, 0.25) is 0 Å². The van der Waals surface area contributed by atoms with Gasteiger partial charge in [-0.25, -0.2) is 0 Å². The number of unbranched alkanes of at least 4 members (excludes halogenated alkanes) is 3. The molecule has 0 aromatic rings. The lowest BCUT2D eigenvalue weighted by molar-refractivity contribution is 0.0210. The first-order valence-corrected chi connectivity index (χ1v) is 11.8. The SMILES string of the molecule is CCCC=CC=CCOC1CCC(C2CCC(CCCCC)CC2)CC1. The van der Waals surface area contributed by atoms with Crippen LogP contribution in [0.3, 0.4) is 0 Å². The van der Waals surface area contributed by atoms with E-state index >= 15 is 0 Å². The monoisotopic (exact) mass is 360 g/mol. The van der Waals surface area contributed by atoms with Gasteiger partial charge in [-0.15, -0.1) is 0 Å². The van der Waals surface area contributed by atoms with Crippen LogP contribution in [0.15, 0.2) is 24.3 Å². The summed E-state index contributed by atoms with van der Waals surface area (Å²) in [5.41, 5.74) is 0. The molecule has 0 spiro atoms. The van der Waals surface area contributed by atoms with Crippen LogP contribution in [-0.4, -0.2) is 12.7 Å². The molecular formula is C25H44O. The summed E-state index contributed by atoms with van der Waals surface area (Å²) in [6.45, 7) is 5.32. The Morgan fingerprint density at radius 1 is 0.731 bits per heavy atom. The molecule has 0 N–H and O–H groups in total. The largest absolute Gasteiger partial charge is 0.374 e. The van der Waals surface area contributed by atoms with Crippen molar-refractivity contribution < 1.29 is 4.74 Å². The van der Waals surface area contributed by atoms with Crippen LogP contribution in [-0.2, 0) is 4.74 Å². The molecule has 0 atom stereocenters. The summed E-state index contributed by atoms with van der Waals surface area (Å²) in [5, 5.41) is 0. The average Bonchev–Trinajstić information content (AvgIpc) is 2.69. The molecule has 2 fully saturated rings. The van der Waals surface area contributed by atoms with Crippen molar-refractivity contribution in [3.05, 3.63) is 24.3 Å². The lowest BCUT2D eigenvalue weighted by Crippen LogP contribution is -2.28. The van der Waals surface area contributed by atoms with Crippen molar-refractivity contribution >= 4 is 0 Å². The molecule has 2 saturated carbocycles. The smallest absolute Gasteiger partial charge is 0.0654 e. The van der Waals surface area contributed by atoms with E-state index in [0.717, 1.165) is 24.4 Å². The maximum atomic E-state index is 6.08. The highest BCUT2D eigenvalue weighted by atomic mass is 16.5. The van der Waals surface area contributed by atoms with E-state index in [1.165, 1.54) is 89.9 Å². The molecule has 0 aliphatic heterocycles. The minimum Gasteiger partial charge on any atom is -0.374 e. The Labute approximate surface area is 163 Å². The first-order chi connectivity index (χ1) is 12.8. The van der Waals surface area contributed by atoms with Crippen LogP contribution < -0.4 is 0 Å². The fourth-order valence-corrected chi connectivity index (χ4v) is 5.03. The van der Waals surface area contributed by atoms with Gasteiger partial charge in [0, 0.05) is 0 Å². The van der Waals surface area contributed by atoms with Crippen molar-refractivity contribution in [3.63, 3.8) is 0 Å². The normalized spacial score (nSPS) is 30.4. The minimum absolute atomic E-state index is 0.515. The van der Waals surface area contributed by atoms with Crippen LogP contribution in [0.5, 0.6) is 0 Å². The van der Waals surface area contributed by atoms with Gasteiger partial charge in [0.05, 0.1) is 12.7 Å². The summed E-state index contributed by atoms with van der Waals surface area (Å²) in [5.74, 6) is 3.08. The van der Waals surface area contributed by atoms with Crippen molar-refractivity contribution in [2.45, 2.75) is 110 Å². The average molecular weight is 361 g/mol. The Morgan fingerprint density at radius 2 is 1.38 bits per heavy atom. The molecule has 150 valence electrons. The summed E-state index contributed by atoms with van der Waals surface area (Å²) in [6, 6.07) is 0. The summed E-state index contributed by atoms with van der Waals surface area (Å²) in [7, 11) is 0. The standard InChI is InChI=1S/C25H44O/c1-3-5-7-8-9-11-21-26-25-19-17-24(18-20-25)23-15-13-22(14-16-23)12-10-6-4-2/h7-9,11,22-25H,3-6,10,12-21H2,1-2H3. The molecule has 2 aliphatic rings. The summed E-state index contributed by atoms with van der Waals surface area (Å²) < 4.78 is 6.08. The molecule has 0 unspecified atom stereocenters. The van der Waals surface area contributed by atoms with Gasteiger partial charge in [0.25, 0.3) is 0 Å². The lowest BCUT2D eigenvalue weighted by Gasteiger charge is -2.37. The van der Waals surface area contributed by atoms with Crippen LogP contribution in [0.1, 0.15) is 104 Å². The number of hydrogen-bond acceptors (Lipinski definition) is 1. The molecule has 0 amide bonds. The zero-order chi connectivity index (χ0) is 18.5. The van der Waals surface area contributed by atoms with E-state index in [-0.39, 0.29) is 0 Å². The molecular weight excluding hydrogens is 316 g/mol. The number of rotatable bonds is 11. The third-order valence-corrected chi connectivity index (χ3v) is 6.76. The van der Waals surface area contributed by atoms with E-state index in [4.69, 9.17) is 4.74 Å². The fourth-order valence-electron chi connectivity index (χ4n) is 5.03. The van der Waals surface area contributed by atoms with Gasteiger partial charge in [-0.1, -0.05) is 83.1 Å². The van der Waals surface area contributed by atoms with Crippen molar-refractivity contribution in [2.24, 2.45) is 17.8 Å². The van der Waals surface area contributed by atoms with E-state index in [2.05, 4.69) is 38.2 Å². The number of allylic oxidation sites excluding steroid dienone is 3. The van der Waals surface area contributed by atoms with E-state index < -0.39 is 0 Å². The molecule has 1 nitrogen and oxygen atoms in total. The second-order valence-corrected chi connectivity index (χ2v) is 8.79. The molecule has 2 aliphatic carbocycles. The van der Waals surface area contributed by atoms with Crippen LogP contribution in [0.25, 0.3) is 0 Å². The van der Waals surface area contributed by atoms with Crippen molar-refractivity contribution in [2.75, 3.05) is 6.61 Å². The zero-order valence-corrected chi connectivity index (χ0v) is 17.6. The van der Waals surface area contributed by atoms with Gasteiger partial charge in [0.15, 0.2) is 0 Å². The molecule has 0 heterocycles. The minimum atomic E-state index is 0.515. The number of ether oxygens (including phenoxy) is 1. The topological polar surface area (TPSA) is 9.23 Å². The molecule has 1 heteroatoms. The molecule has 0 saturated heterocycles. The Bertz CT molecular complexity index is 381. The van der Waals surface area contributed by atoms with E-state index in [1.54, 1.807) is 0 Å². The third-order valence-electron chi connectivity index (χ3n) is 6.76. The van der Waals surface area contributed by atoms with Crippen molar-refractivity contribution in [3.8, 4) is 0 Å². The zero-order valence-electron chi connectivity index (χ0n) is 17.6. The molecule has 0 aromatic heterocycles. The Hall–Kier alpha value is -0.560. The third kappa shape index (κ3) is 8.42. The van der Waals surface area contributed by atoms with E-state index in [0.29, 0.717) is 6.10 Å². The maximum absolute atomic E-state index is 6.08. The summed E-state index contributed by atoms with van der Waals surface area (Å²) in [4.78, 5) is 0. The highest BCUT2D eigenvalue weighted by Crippen LogP contribution is 2.41. The summed E-state index contributed by atoms with van der Waals surface area (Å²) >= 11 is 0. The van der Waals surface area contributed by atoms with Gasteiger partial charge in [0.2, 0.25) is 0 Å². The molecule has 0 aromatic carbocycles. The molecule has 0 bridgehead atoms. The van der Waals surface area contributed by atoms with Crippen LogP contribution in [0.4, 0.5) is 0 Å². The van der Waals surface area contributed by atoms with Crippen molar-refractivity contribution in [1.82, 2.24) is 0 Å². The second kappa shape index (κ2) is 13.6. The van der Waals surface area contributed by atoms with Gasteiger partial charge >= 0.3 is 0 Å². The van der Waals surface area contributed by atoms with Gasteiger partial charge in [-0.05, 0) is 62.7 Å². The Kier molecular flexibility index (Phi) is 11.4. The molecule has 2 rings (SSSR count). The van der Waals surface area contributed by atoms with Crippen LogP contribution in [0, 0.1) is 17.8 Å². The predicted molar refractivity (Wildman–Crippen MR) is 114 cm³/mol. The Morgan fingerprint density at radius 3 is 2.04 bits per heavy atom. The van der Waals surface area contributed by atoms with Gasteiger partial charge in [0.1, 0.15) is 0 Å². The number of hydrogen-bond donors (Lipinski definition) is 0. The highest BCUT2D eigenvalue weighted by Gasteiger charge is 2.30. The fraction of sp³-hybridized carbons (Fsp3) is 0.840. The van der Waals surface area contributed by atoms with Crippen LogP contribution >= 0.6 is 0 Å². The maximum Gasteiger partial charge on any atom is 0.0654 e. The second-order valence-electron chi connectivity index (χ2n) is 8.79. The van der Waals surface area contributed by atoms with E-state index in [1.807, 2.05) is 0 Å². The predicted octanol–water partition coefficient (Wildman–Crippen LogP) is 7.86. The Balaban J connectivity index is 1.55. The van der Waals surface area contributed by atoms with Gasteiger partial charge in [-0.2, -0.15) is 0 Å². The van der Waals surface area contributed by atoms with Gasteiger partial charge < -0.3 is 4.74 Å². The summed E-state index contributed by atoms with van der Waals surface area (Å²) in [6.07, 6.45) is 28.9. The molecule has 0 radical (unpaired) electrons. The van der Waals surface area contributed by atoms with E-state index in [9.17, 15) is 0 Å². The highest BCUT2D eigenvalue weighted by molar-refractivity contribution is 5.02. The first-order valence-electron chi connectivity index (χ1n) is 11.8. The first kappa shape index (κ1) is 21.7. The van der Waals surface area contributed by atoms with Gasteiger partial charge in [-0.3, -0.25) is 0 Å². The molecule has 26 heavy (non-hydrogen) atoms.